The molecule has 0 atom stereocenters. The van der Waals surface area contributed by atoms with Crippen LogP contribution in [0.3, 0.4) is 0 Å². The molecule has 8 heteroatoms. The summed E-state index contributed by atoms with van der Waals surface area (Å²) in [4.78, 5) is 20.3. The first kappa shape index (κ1) is 13.9. The second-order valence-corrected chi connectivity index (χ2v) is 4.15. The zero-order chi connectivity index (χ0) is 14.5. The average Bonchev–Trinajstić information content (AvgIpc) is 2.89. The molecule has 0 aliphatic carbocycles. The van der Waals surface area contributed by atoms with Gasteiger partial charge in [0.05, 0.1) is 6.54 Å². The number of pyridine rings is 1. The predicted octanol–water partition coefficient (Wildman–Crippen LogP) is 0.551. The number of amides is 1. The van der Waals surface area contributed by atoms with Gasteiger partial charge < -0.3 is 15.3 Å². The summed E-state index contributed by atoms with van der Waals surface area (Å²) in [7, 11) is 0. The second-order valence-electron chi connectivity index (χ2n) is 4.15. The van der Waals surface area contributed by atoms with Crippen LogP contribution in [0.15, 0.2) is 16.7 Å². The van der Waals surface area contributed by atoms with E-state index in [1.807, 2.05) is 6.92 Å². The summed E-state index contributed by atoms with van der Waals surface area (Å²) in [5.41, 5.74) is 3.69. The van der Waals surface area contributed by atoms with E-state index < -0.39 is 0 Å². The Bertz CT molecular complexity index is 587. The molecule has 106 valence electrons. The van der Waals surface area contributed by atoms with E-state index in [1.165, 1.54) is 0 Å². The minimum atomic E-state index is -0.255. The highest BCUT2D eigenvalue weighted by molar-refractivity contribution is 5.94. The Morgan fingerprint density at radius 2 is 2.20 bits per heavy atom. The number of hydrogen-bond acceptors (Lipinski definition) is 7. The number of aryl methyl sites for hydroxylation is 2. The molecule has 8 nitrogen and oxygen atoms in total. The van der Waals surface area contributed by atoms with E-state index in [1.54, 1.807) is 19.1 Å². The molecule has 2 aromatic rings. The highest BCUT2D eigenvalue weighted by atomic mass is 16.5. The van der Waals surface area contributed by atoms with Crippen molar-refractivity contribution in [2.45, 2.75) is 26.8 Å². The van der Waals surface area contributed by atoms with Crippen molar-refractivity contribution in [3.63, 3.8) is 0 Å². The number of nitrogens with two attached hydrogens (primary N) is 1. The molecule has 0 bridgehead atoms. The Labute approximate surface area is 115 Å². The number of rotatable bonds is 5. The molecule has 2 rings (SSSR count). The molecule has 0 fully saturated rings. The Morgan fingerprint density at radius 3 is 2.80 bits per heavy atom. The number of carbonyl (C=O) groups excluding carboxylic acids is 1. The van der Waals surface area contributed by atoms with Crippen molar-refractivity contribution in [3.8, 4) is 0 Å². The van der Waals surface area contributed by atoms with E-state index >= 15 is 0 Å². The largest absolute Gasteiger partial charge is 0.343 e. The fourth-order valence-corrected chi connectivity index (χ4v) is 1.64. The van der Waals surface area contributed by atoms with Crippen LogP contribution in [0.2, 0.25) is 0 Å². The normalized spacial score (nSPS) is 10.3. The predicted molar refractivity (Wildman–Crippen MR) is 71.6 cm³/mol. The van der Waals surface area contributed by atoms with E-state index in [-0.39, 0.29) is 12.5 Å². The van der Waals surface area contributed by atoms with Gasteiger partial charge in [0.2, 0.25) is 5.89 Å². The van der Waals surface area contributed by atoms with E-state index in [0.717, 1.165) is 5.69 Å². The van der Waals surface area contributed by atoms with Gasteiger partial charge in [0.15, 0.2) is 5.82 Å². The smallest absolute Gasteiger partial charge is 0.251 e. The molecule has 2 aromatic heterocycles. The molecule has 0 aliphatic heterocycles. The molecule has 4 N–H and O–H groups in total. The van der Waals surface area contributed by atoms with Crippen molar-refractivity contribution in [1.29, 1.82) is 0 Å². The third kappa shape index (κ3) is 3.29. The monoisotopic (exact) mass is 276 g/mol. The minimum absolute atomic E-state index is 0.175. The zero-order valence-corrected chi connectivity index (χ0v) is 11.3. The fourth-order valence-electron chi connectivity index (χ4n) is 1.64. The first-order chi connectivity index (χ1) is 9.62. The molecule has 0 aromatic carbocycles. The number of nitrogen functional groups attached to an aromatic ring is 1. The number of hydrogen-bond donors (Lipinski definition) is 3. The Hall–Kier alpha value is -2.48. The van der Waals surface area contributed by atoms with Crippen molar-refractivity contribution in [2.75, 3.05) is 5.43 Å². The second kappa shape index (κ2) is 6.11. The van der Waals surface area contributed by atoms with Crippen LogP contribution >= 0.6 is 0 Å². The van der Waals surface area contributed by atoms with E-state index in [4.69, 9.17) is 10.4 Å². The van der Waals surface area contributed by atoms with Gasteiger partial charge in [-0.15, -0.1) is 0 Å². The molecule has 0 saturated carbocycles. The standard InChI is InChI=1S/C12H16N6O2/c1-3-9-4-8(5-10(16-9)17-13)12(19)14-6-11-15-7(2)18-20-11/h4-5H,3,6,13H2,1-2H3,(H,14,19)(H,16,17). The number of anilines is 1. The average molecular weight is 276 g/mol. The van der Waals surface area contributed by atoms with Crippen molar-refractivity contribution in [3.05, 3.63) is 35.1 Å². The maximum Gasteiger partial charge on any atom is 0.251 e. The van der Waals surface area contributed by atoms with Gasteiger partial charge in [0.25, 0.3) is 5.91 Å². The van der Waals surface area contributed by atoms with Crippen molar-refractivity contribution < 1.29 is 9.32 Å². The lowest BCUT2D eigenvalue weighted by Crippen LogP contribution is -2.23. The molecule has 0 aliphatic rings. The van der Waals surface area contributed by atoms with Crippen LogP contribution < -0.4 is 16.6 Å². The third-order valence-corrected chi connectivity index (χ3v) is 2.62. The van der Waals surface area contributed by atoms with Crippen molar-refractivity contribution in [1.82, 2.24) is 20.4 Å². The third-order valence-electron chi connectivity index (χ3n) is 2.62. The molecule has 0 spiro atoms. The van der Waals surface area contributed by atoms with Crippen LogP contribution in [-0.4, -0.2) is 21.0 Å². The maximum atomic E-state index is 12.1. The Kier molecular flexibility index (Phi) is 4.26. The summed E-state index contributed by atoms with van der Waals surface area (Å²) >= 11 is 0. The lowest BCUT2D eigenvalue weighted by molar-refractivity contribution is 0.0946. The SMILES string of the molecule is CCc1cc(C(=O)NCc2nc(C)no2)cc(NN)n1. The summed E-state index contributed by atoms with van der Waals surface area (Å²) in [6.07, 6.45) is 0.707. The van der Waals surface area contributed by atoms with Gasteiger partial charge in [-0.05, 0) is 25.5 Å². The summed E-state index contributed by atoms with van der Waals surface area (Å²) in [6, 6.07) is 3.29. The van der Waals surface area contributed by atoms with Crippen LogP contribution in [0.25, 0.3) is 0 Å². The number of hydrazine groups is 1. The van der Waals surface area contributed by atoms with E-state index in [0.29, 0.717) is 29.5 Å². The molecule has 0 saturated heterocycles. The van der Waals surface area contributed by atoms with Crippen LogP contribution in [0.5, 0.6) is 0 Å². The number of aromatic nitrogens is 3. The summed E-state index contributed by atoms with van der Waals surface area (Å²) < 4.78 is 4.92. The molecule has 2 heterocycles. The van der Waals surface area contributed by atoms with Gasteiger partial charge in [-0.1, -0.05) is 12.1 Å². The lowest BCUT2D eigenvalue weighted by Gasteiger charge is -2.07. The fraction of sp³-hybridized carbons (Fsp3) is 0.333. The summed E-state index contributed by atoms with van der Waals surface area (Å²) in [5.74, 6) is 6.41. The van der Waals surface area contributed by atoms with Crippen LogP contribution in [0.1, 0.15) is 34.7 Å². The highest BCUT2D eigenvalue weighted by Crippen LogP contribution is 2.10. The molecule has 0 unspecified atom stereocenters. The topological polar surface area (TPSA) is 119 Å². The zero-order valence-electron chi connectivity index (χ0n) is 11.3. The number of carbonyl (C=O) groups is 1. The number of nitrogens with zero attached hydrogens (tertiary/aromatic N) is 3. The Balaban J connectivity index is 2.08. The molecular formula is C12H16N6O2. The van der Waals surface area contributed by atoms with Crippen LogP contribution in [0, 0.1) is 6.92 Å². The summed E-state index contributed by atoms with van der Waals surface area (Å²) in [6.45, 7) is 3.84. The van der Waals surface area contributed by atoms with Crippen LogP contribution in [0.4, 0.5) is 5.82 Å². The molecule has 1 amide bonds. The molecule has 0 radical (unpaired) electrons. The molecule has 20 heavy (non-hydrogen) atoms. The summed E-state index contributed by atoms with van der Waals surface area (Å²) in [5, 5.41) is 6.35. The van der Waals surface area contributed by atoms with Gasteiger partial charge >= 0.3 is 0 Å². The van der Waals surface area contributed by atoms with Crippen molar-refractivity contribution >= 4 is 11.7 Å². The lowest BCUT2D eigenvalue weighted by atomic mass is 10.2. The van der Waals surface area contributed by atoms with Crippen molar-refractivity contribution in [2.24, 2.45) is 5.84 Å². The first-order valence-corrected chi connectivity index (χ1v) is 6.17. The van der Waals surface area contributed by atoms with E-state index in [9.17, 15) is 4.79 Å². The van der Waals surface area contributed by atoms with Gasteiger partial charge in [-0.2, -0.15) is 4.98 Å². The minimum Gasteiger partial charge on any atom is -0.343 e. The number of nitrogens with one attached hydrogen (secondary N) is 2. The van der Waals surface area contributed by atoms with E-state index in [2.05, 4.69) is 25.9 Å². The maximum absolute atomic E-state index is 12.1. The Morgan fingerprint density at radius 1 is 1.40 bits per heavy atom. The molecular weight excluding hydrogens is 260 g/mol. The highest BCUT2D eigenvalue weighted by Gasteiger charge is 2.11. The van der Waals surface area contributed by atoms with Gasteiger partial charge in [-0.25, -0.2) is 10.8 Å². The quantitative estimate of drug-likeness (QED) is 0.539. The van der Waals surface area contributed by atoms with Gasteiger partial charge in [0, 0.05) is 11.3 Å². The van der Waals surface area contributed by atoms with Gasteiger partial charge in [0.1, 0.15) is 5.82 Å². The first-order valence-electron chi connectivity index (χ1n) is 6.17. The van der Waals surface area contributed by atoms with Gasteiger partial charge in [-0.3, -0.25) is 4.79 Å². The van der Waals surface area contributed by atoms with Crippen LogP contribution in [-0.2, 0) is 13.0 Å².